The maximum Gasteiger partial charge on any atom is 0.130 e. The molecule has 0 saturated heterocycles. The van der Waals surface area contributed by atoms with Gasteiger partial charge in [-0.05, 0) is 32.6 Å². The highest BCUT2D eigenvalue weighted by atomic mass is 16.1. The van der Waals surface area contributed by atoms with Gasteiger partial charge in [0.25, 0.3) is 0 Å². The molecule has 1 nitrogen and oxygen atoms in total. The summed E-state index contributed by atoms with van der Waals surface area (Å²) in [6, 6.07) is 0. The van der Waals surface area contributed by atoms with E-state index in [2.05, 4.69) is 43.4 Å². The third-order valence-corrected chi connectivity index (χ3v) is 1.94. The van der Waals surface area contributed by atoms with E-state index in [1.165, 1.54) is 0 Å². The second kappa shape index (κ2) is 11.0. The van der Waals surface area contributed by atoms with Crippen LogP contribution in [0.5, 0.6) is 0 Å². The molecule has 0 aromatic rings. The zero-order valence-corrected chi connectivity index (χ0v) is 9.91. The van der Waals surface area contributed by atoms with Crippen molar-refractivity contribution in [3.63, 3.8) is 0 Å². The minimum absolute atomic E-state index is 0.264. The van der Waals surface area contributed by atoms with Crippen LogP contribution >= 0.6 is 0 Å². The molecule has 0 rings (SSSR count). The predicted molar refractivity (Wildman–Crippen MR) is 66.9 cm³/mol. The van der Waals surface area contributed by atoms with E-state index < -0.39 is 0 Å². The molecule has 0 fully saturated rings. The first-order chi connectivity index (χ1) is 7.27. The van der Waals surface area contributed by atoms with Gasteiger partial charge in [0.05, 0.1) is 0 Å². The monoisotopic (exact) mass is 206 g/mol. The number of hydrogen-bond acceptors (Lipinski definition) is 1. The van der Waals surface area contributed by atoms with Crippen molar-refractivity contribution in [3.8, 4) is 0 Å². The average Bonchev–Trinajstić information content (AvgIpc) is 2.20. The van der Waals surface area contributed by atoms with Crippen molar-refractivity contribution in [2.75, 3.05) is 0 Å². The van der Waals surface area contributed by atoms with E-state index >= 15 is 0 Å². The first-order valence-corrected chi connectivity index (χ1v) is 5.71. The topological polar surface area (TPSA) is 17.1 Å². The highest BCUT2D eigenvalue weighted by molar-refractivity contribution is 5.75. The molecule has 0 radical (unpaired) electrons. The van der Waals surface area contributed by atoms with Gasteiger partial charge in [0.2, 0.25) is 0 Å². The Morgan fingerprint density at radius 1 is 0.933 bits per heavy atom. The van der Waals surface area contributed by atoms with Crippen LogP contribution in [-0.2, 0) is 4.79 Å². The number of hydrogen-bond donors (Lipinski definition) is 0. The molecule has 0 spiro atoms. The summed E-state index contributed by atoms with van der Waals surface area (Å²) < 4.78 is 0. The van der Waals surface area contributed by atoms with E-state index in [9.17, 15) is 4.79 Å². The van der Waals surface area contributed by atoms with Gasteiger partial charge in [-0.25, -0.2) is 0 Å². The maximum atomic E-state index is 10.6. The van der Waals surface area contributed by atoms with E-state index in [0.717, 1.165) is 25.7 Å². The summed E-state index contributed by atoms with van der Waals surface area (Å²) in [5.74, 6) is 0.264. The van der Waals surface area contributed by atoms with Crippen LogP contribution in [0, 0.1) is 0 Å². The van der Waals surface area contributed by atoms with Gasteiger partial charge in [0.1, 0.15) is 5.78 Å². The second-order valence-electron chi connectivity index (χ2n) is 3.53. The molecule has 1 heteroatoms. The second-order valence-corrected chi connectivity index (χ2v) is 3.53. The van der Waals surface area contributed by atoms with Gasteiger partial charge in [0, 0.05) is 6.42 Å². The standard InChI is InChI=1S/C14H22O/c1-3-4-5-6-7-8-9-10-11-12-13-14(2)15/h4-5,7-8,10-11H,3,6,9,12-13H2,1-2H3/b5-4?,8-7?,11-10+. The van der Waals surface area contributed by atoms with Crippen LogP contribution < -0.4 is 0 Å². The Labute approximate surface area is 93.6 Å². The fraction of sp³-hybridized carbons (Fsp3) is 0.500. The lowest BCUT2D eigenvalue weighted by Gasteiger charge is -1.87. The molecular weight excluding hydrogens is 184 g/mol. The van der Waals surface area contributed by atoms with Crippen LogP contribution in [0.15, 0.2) is 36.5 Å². The fourth-order valence-electron chi connectivity index (χ4n) is 1.11. The molecule has 0 aliphatic rings. The lowest BCUT2D eigenvalue weighted by Crippen LogP contribution is -1.85. The molecule has 15 heavy (non-hydrogen) atoms. The van der Waals surface area contributed by atoms with Crippen LogP contribution in [0.3, 0.4) is 0 Å². The third kappa shape index (κ3) is 12.9. The van der Waals surface area contributed by atoms with E-state index in [1.807, 2.05) is 0 Å². The summed E-state index contributed by atoms with van der Waals surface area (Å²) >= 11 is 0. The normalized spacial score (nSPS) is 12.1. The molecular formula is C14H22O. The van der Waals surface area contributed by atoms with Crippen molar-refractivity contribution in [3.05, 3.63) is 36.5 Å². The Bertz CT molecular complexity index is 234. The van der Waals surface area contributed by atoms with Gasteiger partial charge in [-0.15, -0.1) is 0 Å². The number of carbonyl (C=O) groups is 1. The molecule has 0 bridgehead atoms. The molecule has 0 atom stereocenters. The van der Waals surface area contributed by atoms with E-state index in [4.69, 9.17) is 0 Å². The van der Waals surface area contributed by atoms with E-state index in [1.54, 1.807) is 6.92 Å². The average molecular weight is 206 g/mol. The summed E-state index contributed by atoms with van der Waals surface area (Å²) in [7, 11) is 0. The van der Waals surface area contributed by atoms with Crippen molar-refractivity contribution in [2.24, 2.45) is 0 Å². The minimum atomic E-state index is 0.264. The van der Waals surface area contributed by atoms with Gasteiger partial charge >= 0.3 is 0 Å². The number of rotatable bonds is 8. The van der Waals surface area contributed by atoms with Crippen molar-refractivity contribution in [1.82, 2.24) is 0 Å². The molecule has 0 heterocycles. The van der Waals surface area contributed by atoms with Crippen molar-refractivity contribution < 1.29 is 4.79 Å². The number of Topliss-reactive ketones (excluding diaryl/α,β-unsaturated/α-hetero) is 1. The molecule has 0 aliphatic heterocycles. The quantitative estimate of drug-likeness (QED) is 0.543. The Morgan fingerprint density at radius 2 is 1.47 bits per heavy atom. The maximum absolute atomic E-state index is 10.6. The van der Waals surface area contributed by atoms with Gasteiger partial charge < -0.3 is 4.79 Å². The van der Waals surface area contributed by atoms with Crippen LogP contribution in [-0.4, -0.2) is 5.78 Å². The van der Waals surface area contributed by atoms with Gasteiger partial charge in [-0.2, -0.15) is 0 Å². The van der Waals surface area contributed by atoms with E-state index in [0.29, 0.717) is 6.42 Å². The first-order valence-electron chi connectivity index (χ1n) is 5.71. The van der Waals surface area contributed by atoms with E-state index in [-0.39, 0.29) is 5.78 Å². The van der Waals surface area contributed by atoms with Crippen molar-refractivity contribution >= 4 is 5.78 Å². The number of carbonyl (C=O) groups excluding carboxylic acids is 1. The van der Waals surface area contributed by atoms with Crippen molar-refractivity contribution in [1.29, 1.82) is 0 Å². The van der Waals surface area contributed by atoms with Gasteiger partial charge in [-0.1, -0.05) is 43.4 Å². The van der Waals surface area contributed by atoms with Gasteiger partial charge in [-0.3, -0.25) is 0 Å². The summed E-state index contributed by atoms with van der Waals surface area (Å²) in [6.07, 6.45) is 17.5. The molecule has 0 aromatic carbocycles. The predicted octanol–water partition coefficient (Wildman–Crippen LogP) is 4.21. The molecule has 84 valence electrons. The Morgan fingerprint density at radius 3 is 2.00 bits per heavy atom. The first kappa shape index (κ1) is 13.9. The number of ketones is 1. The van der Waals surface area contributed by atoms with Crippen LogP contribution in [0.1, 0.15) is 46.0 Å². The SMILES string of the molecule is CCC=CCC=CC/C=C/CCC(C)=O. The smallest absolute Gasteiger partial charge is 0.130 e. The zero-order valence-electron chi connectivity index (χ0n) is 9.91. The van der Waals surface area contributed by atoms with Crippen LogP contribution in [0.4, 0.5) is 0 Å². The lowest BCUT2D eigenvalue weighted by atomic mass is 10.2. The van der Waals surface area contributed by atoms with Crippen molar-refractivity contribution in [2.45, 2.75) is 46.0 Å². The molecule has 0 N–H and O–H groups in total. The summed E-state index contributed by atoms with van der Waals surface area (Å²) in [6.45, 7) is 3.77. The Kier molecular flexibility index (Phi) is 10.2. The largest absolute Gasteiger partial charge is 0.300 e. The third-order valence-electron chi connectivity index (χ3n) is 1.94. The fourth-order valence-corrected chi connectivity index (χ4v) is 1.11. The van der Waals surface area contributed by atoms with Crippen LogP contribution in [0.25, 0.3) is 0 Å². The zero-order chi connectivity index (χ0) is 11.4. The summed E-state index contributed by atoms with van der Waals surface area (Å²) in [5.41, 5.74) is 0. The molecule has 0 amide bonds. The highest BCUT2D eigenvalue weighted by Gasteiger charge is 1.87. The van der Waals surface area contributed by atoms with Crippen LogP contribution in [0.2, 0.25) is 0 Å². The summed E-state index contributed by atoms with van der Waals surface area (Å²) in [5, 5.41) is 0. The highest BCUT2D eigenvalue weighted by Crippen LogP contribution is 1.96. The Hall–Kier alpha value is -1.11. The summed E-state index contributed by atoms with van der Waals surface area (Å²) in [4.78, 5) is 10.6. The Balaban J connectivity index is 3.36. The molecule has 0 aliphatic carbocycles. The molecule has 0 unspecified atom stereocenters. The molecule has 0 aromatic heterocycles. The minimum Gasteiger partial charge on any atom is -0.300 e. The lowest BCUT2D eigenvalue weighted by molar-refractivity contribution is -0.116. The number of allylic oxidation sites excluding steroid dienone is 6. The van der Waals surface area contributed by atoms with Gasteiger partial charge in [0.15, 0.2) is 0 Å². The molecule has 0 saturated carbocycles.